The molecule has 0 bridgehead atoms. The number of ether oxygens (including phenoxy) is 3. The van der Waals surface area contributed by atoms with Crippen molar-refractivity contribution in [1.29, 1.82) is 0 Å². The van der Waals surface area contributed by atoms with Gasteiger partial charge in [0.25, 0.3) is 0 Å². The fourth-order valence-corrected chi connectivity index (χ4v) is 5.86. The number of hydrogen-bond acceptors (Lipinski definition) is 5. The summed E-state index contributed by atoms with van der Waals surface area (Å²) in [5.74, 6) is 3.78. The zero-order chi connectivity index (χ0) is 26.3. The van der Waals surface area contributed by atoms with Crippen LogP contribution in [-0.2, 0) is 19.0 Å². The first-order chi connectivity index (χ1) is 16.7. The number of allylic oxidation sites excluding steroid dienone is 3. The number of thioether (sulfide) groups is 1. The molecule has 1 rings (SSSR count). The van der Waals surface area contributed by atoms with Crippen LogP contribution in [0.5, 0.6) is 0 Å². The number of rotatable bonds is 17. The lowest BCUT2D eigenvalue weighted by molar-refractivity contribution is -0.171. The van der Waals surface area contributed by atoms with Gasteiger partial charge in [0.15, 0.2) is 5.78 Å². The van der Waals surface area contributed by atoms with E-state index < -0.39 is 5.60 Å². The molecule has 4 nitrogen and oxygen atoms in total. The van der Waals surface area contributed by atoms with Gasteiger partial charge in [0, 0.05) is 19.4 Å². The second-order valence-corrected chi connectivity index (χ2v) is 11.6. The molecule has 202 valence electrons. The first kappa shape index (κ1) is 32.0. The van der Waals surface area contributed by atoms with Crippen LogP contribution in [0.2, 0.25) is 0 Å². The molecule has 35 heavy (non-hydrogen) atoms. The van der Waals surface area contributed by atoms with Gasteiger partial charge in [-0.2, -0.15) is 11.8 Å². The summed E-state index contributed by atoms with van der Waals surface area (Å²) < 4.78 is 18.1. The van der Waals surface area contributed by atoms with Crippen molar-refractivity contribution in [3.63, 3.8) is 0 Å². The number of methoxy groups -OCH3 is 1. The number of ketones is 1. The Hall–Kier alpha value is -1.04. The second kappa shape index (κ2) is 17.4. The molecule has 5 heteroatoms. The summed E-state index contributed by atoms with van der Waals surface area (Å²) in [5.41, 5.74) is 0.248. The van der Waals surface area contributed by atoms with E-state index in [1.807, 2.05) is 17.8 Å². The van der Waals surface area contributed by atoms with Gasteiger partial charge < -0.3 is 14.2 Å². The Kier molecular flexibility index (Phi) is 15.9. The average molecular weight is 509 g/mol. The Morgan fingerprint density at radius 2 is 1.77 bits per heavy atom. The standard InChI is InChI=1S/C30H52O4S/c1-9-15-29(34-28-16-13-11-12-14-17-28)18-27(24(5)10-2)19-30(26(7)31,33-22-32-8)25(6)21-35-20-23(3)4/h9,15,18,23-25,28H,1,10-14,16-17,19-22H2,2-8H3/b27-18-,29-15+. The molecule has 0 aliphatic heterocycles. The molecule has 1 aliphatic rings. The van der Waals surface area contributed by atoms with E-state index in [0.717, 1.165) is 36.5 Å². The molecule has 1 aliphatic carbocycles. The van der Waals surface area contributed by atoms with E-state index in [-0.39, 0.29) is 24.6 Å². The Labute approximate surface area is 220 Å². The lowest BCUT2D eigenvalue weighted by Gasteiger charge is -2.38. The SMILES string of the molecule is C=C/C=C(\C=C(\CC(OCOC)(C(C)=O)C(C)CSCC(C)C)C(C)CC)OC1CCCCCC1. The maximum absolute atomic E-state index is 13.2. The number of Topliss-reactive ketones (excluding diaryl/α,β-unsaturated/α-hetero) is 1. The summed E-state index contributed by atoms with van der Waals surface area (Å²) in [7, 11) is 1.61. The van der Waals surface area contributed by atoms with E-state index in [1.165, 1.54) is 31.3 Å². The van der Waals surface area contributed by atoms with Crippen LogP contribution < -0.4 is 0 Å². The van der Waals surface area contributed by atoms with Crippen molar-refractivity contribution in [2.45, 2.75) is 105 Å². The first-order valence-corrected chi connectivity index (χ1v) is 14.8. The van der Waals surface area contributed by atoms with E-state index in [9.17, 15) is 4.79 Å². The van der Waals surface area contributed by atoms with Crippen LogP contribution in [0.3, 0.4) is 0 Å². The van der Waals surface area contributed by atoms with Crippen LogP contribution >= 0.6 is 11.8 Å². The van der Waals surface area contributed by atoms with Gasteiger partial charge in [-0.05, 0) is 74.5 Å². The van der Waals surface area contributed by atoms with Gasteiger partial charge in [-0.3, -0.25) is 4.79 Å². The van der Waals surface area contributed by atoms with Gasteiger partial charge in [0.05, 0.1) is 6.10 Å². The molecular weight excluding hydrogens is 456 g/mol. The van der Waals surface area contributed by atoms with E-state index in [2.05, 4.69) is 47.3 Å². The maximum Gasteiger partial charge on any atom is 0.162 e. The highest BCUT2D eigenvalue weighted by atomic mass is 32.2. The van der Waals surface area contributed by atoms with E-state index in [0.29, 0.717) is 18.3 Å². The normalized spacial score (nSPS) is 19.7. The monoisotopic (exact) mass is 508 g/mol. The van der Waals surface area contributed by atoms with Crippen LogP contribution in [0.15, 0.2) is 36.1 Å². The quantitative estimate of drug-likeness (QED) is 0.0859. The molecule has 3 atom stereocenters. The van der Waals surface area contributed by atoms with Gasteiger partial charge in [0.1, 0.15) is 18.2 Å². The van der Waals surface area contributed by atoms with Crippen molar-refractivity contribution < 1.29 is 19.0 Å². The molecule has 0 aromatic rings. The minimum Gasteiger partial charge on any atom is -0.490 e. The lowest BCUT2D eigenvalue weighted by Crippen LogP contribution is -2.48. The molecule has 3 unspecified atom stereocenters. The molecule has 1 saturated carbocycles. The van der Waals surface area contributed by atoms with E-state index >= 15 is 0 Å². The van der Waals surface area contributed by atoms with E-state index in [1.54, 1.807) is 20.1 Å². The Morgan fingerprint density at radius 1 is 1.11 bits per heavy atom. The second-order valence-electron chi connectivity index (χ2n) is 10.6. The summed E-state index contributed by atoms with van der Waals surface area (Å²) in [6, 6.07) is 0. The third-order valence-corrected chi connectivity index (χ3v) is 8.71. The van der Waals surface area contributed by atoms with E-state index in [4.69, 9.17) is 14.2 Å². The topological polar surface area (TPSA) is 44.8 Å². The molecule has 0 aromatic carbocycles. The minimum atomic E-state index is -0.934. The maximum atomic E-state index is 13.2. The first-order valence-electron chi connectivity index (χ1n) is 13.6. The minimum absolute atomic E-state index is 0.0426. The fourth-order valence-electron chi connectivity index (χ4n) is 4.63. The van der Waals surface area contributed by atoms with Crippen molar-refractivity contribution in [2.24, 2.45) is 17.8 Å². The Bertz CT molecular complexity index is 676. The van der Waals surface area contributed by atoms with Gasteiger partial charge in [-0.1, -0.05) is 65.7 Å². The molecule has 0 heterocycles. The smallest absolute Gasteiger partial charge is 0.162 e. The molecule has 0 saturated heterocycles. The van der Waals surface area contributed by atoms with Crippen molar-refractivity contribution in [2.75, 3.05) is 25.4 Å². The predicted molar refractivity (Wildman–Crippen MR) is 151 cm³/mol. The summed E-state index contributed by atoms with van der Waals surface area (Å²) in [4.78, 5) is 13.2. The largest absolute Gasteiger partial charge is 0.490 e. The molecule has 0 N–H and O–H groups in total. The lowest BCUT2D eigenvalue weighted by atomic mass is 9.77. The van der Waals surface area contributed by atoms with Crippen molar-refractivity contribution in [3.8, 4) is 0 Å². The van der Waals surface area contributed by atoms with Crippen molar-refractivity contribution in [3.05, 3.63) is 36.1 Å². The summed E-state index contributed by atoms with van der Waals surface area (Å²) in [6.07, 6.45) is 14.9. The number of hydrogen-bond donors (Lipinski definition) is 0. The predicted octanol–water partition coefficient (Wildman–Crippen LogP) is 8.13. The van der Waals surface area contributed by atoms with Crippen molar-refractivity contribution in [1.82, 2.24) is 0 Å². The zero-order valence-electron chi connectivity index (χ0n) is 23.6. The van der Waals surface area contributed by atoms with Crippen LogP contribution in [-0.4, -0.2) is 42.9 Å². The number of carbonyl (C=O) groups excluding carboxylic acids is 1. The third kappa shape index (κ3) is 11.3. The highest BCUT2D eigenvalue weighted by Gasteiger charge is 2.43. The highest BCUT2D eigenvalue weighted by Crippen LogP contribution is 2.37. The fraction of sp³-hybridized carbons (Fsp3) is 0.767. The average Bonchev–Trinajstić information content (AvgIpc) is 3.08. The summed E-state index contributed by atoms with van der Waals surface area (Å²) in [5, 5.41) is 0. The molecule has 0 amide bonds. The summed E-state index contributed by atoms with van der Waals surface area (Å²) in [6.45, 7) is 16.7. The van der Waals surface area contributed by atoms with Gasteiger partial charge in [0.2, 0.25) is 0 Å². The van der Waals surface area contributed by atoms with Gasteiger partial charge >= 0.3 is 0 Å². The molecular formula is C30H52O4S. The molecule has 0 spiro atoms. The number of carbonyl (C=O) groups is 1. The Balaban J connectivity index is 3.31. The van der Waals surface area contributed by atoms with Crippen LogP contribution in [0, 0.1) is 17.8 Å². The molecule has 0 aromatic heterocycles. The van der Waals surface area contributed by atoms with Crippen LogP contribution in [0.4, 0.5) is 0 Å². The third-order valence-electron chi connectivity index (χ3n) is 7.07. The van der Waals surface area contributed by atoms with Crippen LogP contribution in [0.25, 0.3) is 0 Å². The van der Waals surface area contributed by atoms with Gasteiger partial charge in [-0.15, -0.1) is 0 Å². The van der Waals surface area contributed by atoms with Gasteiger partial charge in [-0.25, -0.2) is 0 Å². The zero-order valence-corrected chi connectivity index (χ0v) is 24.4. The van der Waals surface area contributed by atoms with Crippen molar-refractivity contribution >= 4 is 17.5 Å². The van der Waals surface area contributed by atoms with Crippen LogP contribution in [0.1, 0.15) is 92.9 Å². The molecule has 1 fully saturated rings. The summed E-state index contributed by atoms with van der Waals surface area (Å²) >= 11 is 1.89. The highest BCUT2D eigenvalue weighted by molar-refractivity contribution is 7.99. The Morgan fingerprint density at radius 3 is 2.29 bits per heavy atom. The molecule has 0 radical (unpaired) electrons.